The fourth-order valence-electron chi connectivity index (χ4n) is 2.32. The smallest absolute Gasteiger partial charge is 0.308 e. The first-order chi connectivity index (χ1) is 9.90. The zero-order valence-electron chi connectivity index (χ0n) is 11.0. The highest BCUT2D eigenvalue weighted by atomic mass is 79.9. The van der Waals surface area contributed by atoms with Gasteiger partial charge >= 0.3 is 5.97 Å². The van der Waals surface area contributed by atoms with Crippen LogP contribution in [-0.2, 0) is 4.79 Å². The number of carbonyl (C=O) groups excluding carboxylic acids is 1. The van der Waals surface area contributed by atoms with Crippen LogP contribution in [0.2, 0.25) is 0 Å². The van der Waals surface area contributed by atoms with Crippen LogP contribution in [0.3, 0.4) is 0 Å². The first-order valence-electron chi connectivity index (χ1n) is 6.36. The summed E-state index contributed by atoms with van der Waals surface area (Å²) < 4.78 is 0.454. The average Bonchev–Trinajstić information content (AvgIpc) is 2.47. The van der Waals surface area contributed by atoms with Gasteiger partial charge in [0.1, 0.15) is 0 Å². The Kier molecular flexibility index (Phi) is 4.56. The Bertz CT molecular complexity index is 604. The zero-order valence-corrected chi connectivity index (χ0v) is 12.6. The van der Waals surface area contributed by atoms with Crippen LogP contribution < -0.4 is 0 Å². The molecule has 1 N–H and O–H groups in total. The van der Waals surface area contributed by atoms with E-state index in [0.29, 0.717) is 23.9 Å². The molecular formula is C13H13BrN2O5. The first-order valence-corrected chi connectivity index (χ1v) is 7.15. The largest absolute Gasteiger partial charge is 0.481 e. The normalized spacial score (nSPS) is 18.3. The number of nitrogens with zero attached hydrogens (tertiary/aromatic N) is 2. The summed E-state index contributed by atoms with van der Waals surface area (Å²) in [7, 11) is 0. The fourth-order valence-corrected chi connectivity index (χ4v) is 2.74. The van der Waals surface area contributed by atoms with Gasteiger partial charge in [-0.25, -0.2) is 0 Å². The number of carboxylic acid groups (broad SMARTS) is 1. The Morgan fingerprint density at radius 1 is 1.43 bits per heavy atom. The molecule has 8 heteroatoms. The number of halogens is 1. The number of rotatable bonds is 3. The van der Waals surface area contributed by atoms with E-state index < -0.39 is 22.7 Å². The molecule has 1 heterocycles. The van der Waals surface area contributed by atoms with Gasteiger partial charge < -0.3 is 10.0 Å². The number of piperidine rings is 1. The van der Waals surface area contributed by atoms with E-state index >= 15 is 0 Å². The number of amides is 1. The van der Waals surface area contributed by atoms with Crippen molar-refractivity contribution >= 4 is 33.5 Å². The lowest BCUT2D eigenvalue weighted by atomic mass is 9.97. The summed E-state index contributed by atoms with van der Waals surface area (Å²) in [6, 6.07) is 3.96. The molecule has 1 atom stereocenters. The molecule has 0 saturated carbocycles. The number of carbonyl (C=O) groups is 2. The van der Waals surface area contributed by atoms with Crippen molar-refractivity contribution < 1.29 is 19.6 Å². The Hall–Kier alpha value is -1.96. The van der Waals surface area contributed by atoms with Crippen molar-refractivity contribution in [3.8, 4) is 0 Å². The molecule has 0 aliphatic carbocycles. The Morgan fingerprint density at radius 2 is 2.14 bits per heavy atom. The standard InChI is InChI=1S/C13H13BrN2O5/c14-11-4-3-9(16(20)21)6-10(11)12(17)15-5-1-2-8(7-15)13(18)19/h3-4,6,8H,1-2,5,7H2,(H,18,19)/t8-/m1/s1. The quantitative estimate of drug-likeness (QED) is 0.661. The molecule has 0 aromatic heterocycles. The van der Waals surface area contributed by atoms with Crippen molar-refractivity contribution in [2.75, 3.05) is 13.1 Å². The molecule has 1 aliphatic rings. The number of benzene rings is 1. The fraction of sp³-hybridized carbons (Fsp3) is 0.385. The molecule has 7 nitrogen and oxygen atoms in total. The van der Waals surface area contributed by atoms with E-state index in [1.54, 1.807) is 0 Å². The van der Waals surface area contributed by atoms with E-state index in [1.807, 2.05) is 0 Å². The van der Waals surface area contributed by atoms with Crippen molar-refractivity contribution in [1.29, 1.82) is 0 Å². The minimum absolute atomic E-state index is 0.128. The maximum Gasteiger partial charge on any atom is 0.308 e. The maximum absolute atomic E-state index is 12.4. The number of hydrogen-bond acceptors (Lipinski definition) is 4. The maximum atomic E-state index is 12.4. The lowest BCUT2D eigenvalue weighted by Gasteiger charge is -2.30. The van der Waals surface area contributed by atoms with E-state index in [0.717, 1.165) is 0 Å². The number of hydrogen-bond donors (Lipinski definition) is 1. The molecule has 21 heavy (non-hydrogen) atoms. The second kappa shape index (κ2) is 6.21. The molecule has 2 rings (SSSR count). The van der Waals surface area contributed by atoms with Crippen molar-refractivity contribution in [2.24, 2.45) is 5.92 Å². The summed E-state index contributed by atoms with van der Waals surface area (Å²) in [4.78, 5) is 35.1. The predicted molar refractivity (Wildman–Crippen MR) is 77.1 cm³/mol. The van der Waals surface area contributed by atoms with Gasteiger partial charge in [-0.3, -0.25) is 19.7 Å². The molecule has 0 radical (unpaired) electrons. The van der Waals surface area contributed by atoms with E-state index in [4.69, 9.17) is 5.11 Å². The van der Waals surface area contributed by atoms with Gasteiger partial charge in [0.2, 0.25) is 0 Å². The van der Waals surface area contributed by atoms with Crippen molar-refractivity contribution in [2.45, 2.75) is 12.8 Å². The highest BCUT2D eigenvalue weighted by Crippen LogP contribution is 2.26. The van der Waals surface area contributed by atoms with Crippen LogP contribution in [0.1, 0.15) is 23.2 Å². The third kappa shape index (κ3) is 3.38. The van der Waals surface area contributed by atoms with Crippen LogP contribution in [0.15, 0.2) is 22.7 Å². The van der Waals surface area contributed by atoms with Gasteiger partial charge in [-0.05, 0) is 34.8 Å². The Balaban J connectivity index is 2.25. The van der Waals surface area contributed by atoms with E-state index in [9.17, 15) is 19.7 Å². The summed E-state index contributed by atoms with van der Waals surface area (Å²) in [5, 5.41) is 19.8. The van der Waals surface area contributed by atoms with Crippen LogP contribution in [-0.4, -0.2) is 39.9 Å². The number of carboxylic acids is 1. The van der Waals surface area contributed by atoms with Gasteiger partial charge in [0.05, 0.1) is 16.4 Å². The third-order valence-electron chi connectivity index (χ3n) is 3.45. The monoisotopic (exact) mass is 356 g/mol. The summed E-state index contributed by atoms with van der Waals surface area (Å²) >= 11 is 3.20. The van der Waals surface area contributed by atoms with Gasteiger partial charge in [-0.2, -0.15) is 0 Å². The van der Waals surface area contributed by atoms with Crippen LogP contribution in [0.5, 0.6) is 0 Å². The van der Waals surface area contributed by atoms with Crippen LogP contribution in [0.4, 0.5) is 5.69 Å². The zero-order chi connectivity index (χ0) is 15.6. The van der Waals surface area contributed by atoms with Crippen molar-refractivity contribution in [3.63, 3.8) is 0 Å². The molecule has 1 saturated heterocycles. The topological polar surface area (TPSA) is 101 Å². The molecule has 0 unspecified atom stereocenters. The van der Waals surface area contributed by atoms with E-state index in [2.05, 4.69) is 15.9 Å². The van der Waals surface area contributed by atoms with Crippen LogP contribution in [0, 0.1) is 16.0 Å². The van der Waals surface area contributed by atoms with Crippen LogP contribution in [0.25, 0.3) is 0 Å². The molecular weight excluding hydrogens is 344 g/mol. The average molecular weight is 357 g/mol. The van der Waals surface area contributed by atoms with Crippen LogP contribution >= 0.6 is 15.9 Å². The Morgan fingerprint density at radius 3 is 2.76 bits per heavy atom. The summed E-state index contributed by atoms with van der Waals surface area (Å²) in [6.07, 6.45) is 1.14. The molecule has 1 aromatic carbocycles. The molecule has 1 aliphatic heterocycles. The van der Waals surface area contributed by atoms with Gasteiger partial charge in [0.25, 0.3) is 11.6 Å². The minimum Gasteiger partial charge on any atom is -0.481 e. The molecule has 0 spiro atoms. The summed E-state index contributed by atoms with van der Waals surface area (Å²) in [6.45, 7) is 0.584. The summed E-state index contributed by atoms with van der Waals surface area (Å²) in [5.74, 6) is -1.90. The number of aliphatic carboxylic acids is 1. The highest BCUT2D eigenvalue weighted by Gasteiger charge is 2.30. The first kappa shape index (κ1) is 15.4. The molecule has 0 bridgehead atoms. The lowest BCUT2D eigenvalue weighted by molar-refractivity contribution is -0.384. The summed E-state index contributed by atoms with van der Waals surface area (Å²) in [5.41, 5.74) is 0.00332. The van der Waals surface area contributed by atoms with Gasteiger partial charge in [-0.15, -0.1) is 0 Å². The van der Waals surface area contributed by atoms with Gasteiger partial charge in [-0.1, -0.05) is 0 Å². The number of nitro benzene ring substituents is 1. The number of likely N-dealkylation sites (tertiary alicyclic amines) is 1. The second-order valence-electron chi connectivity index (χ2n) is 4.85. The predicted octanol–water partition coefficient (Wildman–Crippen LogP) is 2.29. The minimum atomic E-state index is -0.925. The van der Waals surface area contributed by atoms with Crippen molar-refractivity contribution in [3.05, 3.63) is 38.3 Å². The molecule has 1 amide bonds. The Labute approximate surface area is 128 Å². The third-order valence-corrected chi connectivity index (χ3v) is 4.14. The van der Waals surface area contributed by atoms with E-state index in [1.165, 1.54) is 23.1 Å². The lowest BCUT2D eigenvalue weighted by Crippen LogP contribution is -2.42. The number of non-ortho nitro benzene ring substituents is 1. The highest BCUT2D eigenvalue weighted by molar-refractivity contribution is 9.10. The van der Waals surface area contributed by atoms with Crippen molar-refractivity contribution in [1.82, 2.24) is 4.90 Å². The molecule has 1 fully saturated rings. The SMILES string of the molecule is O=C(O)[C@@H]1CCCN(C(=O)c2cc([N+](=O)[O-])ccc2Br)C1. The molecule has 112 valence electrons. The van der Waals surface area contributed by atoms with Gasteiger partial charge in [0.15, 0.2) is 0 Å². The second-order valence-corrected chi connectivity index (χ2v) is 5.70. The number of nitro groups is 1. The van der Waals surface area contributed by atoms with E-state index in [-0.39, 0.29) is 17.8 Å². The van der Waals surface area contributed by atoms with Gasteiger partial charge in [0, 0.05) is 29.7 Å². The molecule has 1 aromatic rings.